The van der Waals surface area contributed by atoms with Gasteiger partial charge in [-0.1, -0.05) is 52.8 Å². The van der Waals surface area contributed by atoms with Crippen molar-refractivity contribution in [3.05, 3.63) is 63.5 Å². The molecule has 0 radical (unpaired) electrons. The molecule has 0 spiro atoms. The van der Waals surface area contributed by atoms with Gasteiger partial charge in [-0.05, 0) is 48.4 Å². The Hall–Kier alpha value is -2.93. The molecule has 2 heterocycles. The number of carbonyl (C=O) groups excluding carboxylic acids is 2. The largest absolute Gasteiger partial charge is 0.333 e. The van der Waals surface area contributed by atoms with Gasteiger partial charge in [-0.2, -0.15) is 5.10 Å². The molecule has 0 atom stereocenters. The molecule has 34 heavy (non-hydrogen) atoms. The average molecular weight is 481 g/mol. The molecule has 0 bridgehead atoms. The molecule has 3 rings (SSSR count). The van der Waals surface area contributed by atoms with Gasteiger partial charge in [0.25, 0.3) is 0 Å². The summed E-state index contributed by atoms with van der Waals surface area (Å²) in [6.07, 6.45) is 0.312. The number of benzene rings is 1. The quantitative estimate of drug-likeness (QED) is 0.462. The standard InChI is InChI=1S/C27H36N4O2S/c1-18(2)16-30(26(33)14-21-11-9-13-34-21)17-25(32)28-24-15-23(27(5,6)7)29-31(24)22-12-8-10-19(3)20(22)4/h8-13,15,18H,14,16-17H2,1-7H3,(H,28,32). The highest BCUT2D eigenvalue weighted by Crippen LogP contribution is 2.28. The van der Waals surface area contributed by atoms with E-state index >= 15 is 0 Å². The number of carbonyl (C=O) groups is 2. The lowest BCUT2D eigenvalue weighted by Gasteiger charge is -2.24. The van der Waals surface area contributed by atoms with E-state index in [2.05, 4.69) is 59.8 Å². The van der Waals surface area contributed by atoms with Crippen molar-refractivity contribution in [1.29, 1.82) is 0 Å². The van der Waals surface area contributed by atoms with E-state index in [4.69, 9.17) is 5.10 Å². The third-order valence-electron chi connectivity index (χ3n) is 5.73. The first kappa shape index (κ1) is 25.7. The summed E-state index contributed by atoms with van der Waals surface area (Å²) in [5.74, 6) is 0.601. The fourth-order valence-electron chi connectivity index (χ4n) is 3.71. The summed E-state index contributed by atoms with van der Waals surface area (Å²) in [5.41, 5.74) is 3.90. The number of aryl methyl sites for hydroxylation is 1. The van der Waals surface area contributed by atoms with Gasteiger partial charge in [0, 0.05) is 22.9 Å². The fraction of sp³-hybridized carbons (Fsp3) is 0.444. The Bertz CT molecular complexity index is 1140. The number of nitrogens with zero attached hydrogens (tertiary/aromatic N) is 3. The Morgan fingerprint density at radius 3 is 2.50 bits per heavy atom. The van der Waals surface area contributed by atoms with Gasteiger partial charge in [0.15, 0.2) is 0 Å². The molecule has 0 aliphatic rings. The SMILES string of the molecule is Cc1cccc(-n2nc(C(C)(C)C)cc2NC(=O)CN(CC(C)C)C(=O)Cc2cccs2)c1C. The van der Waals surface area contributed by atoms with Crippen LogP contribution in [0.4, 0.5) is 5.82 Å². The molecule has 0 fully saturated rings. The molecule has 0 aliphatic heterocycles. The Kier molecular flexibility index (Phi) is 7.97. The fourth-order valence-corrected chi connectivity index (χ4v) is 4.41. The predicted molar refractivity (Wildman–Crippen MR) is 140 cm³/mol. The monoisotopic (exact) mass is 480 g/mol. The minimum atomic E-state index is -0.230. The van der Waals surface area contributed by atoms with Crippen LogP contribution in [0.3, 0.4) is 0 Å². The number of anilines is 1. The van der Waals surface area contributed by atoms with Gasteiger partial charge in [-0.15, -0.1) is 11.3 Å². The van der Waals surface area contributed by atoms with Gasteiger partial charge in [0.05, 0.1) is 24.3 Å². The van der Waals surface area contributed by atoms with Crippen LogP contribution in [0, 0.1) is 19.8 Å². The van der Waals surface area contributed by atoms with Crippen LogP contribution < -0.4 is 5.32 Å². The van der Waals surface area contributed by atoms with Crippen LogP contribution in [-0.4, -0.2) is 39.6 Å². The molecule has 182 valence electrons. The minimum Gasteiger partial charge on any atom is -0.333 e. The maximum absolute atomic E-state index is 13.2. The number of amides is 2. The van der Waals surface area contributed by atoms with Gasteiger partial charge in [0.1, 0.15) is 5.82 Å². The van der Waals surface area contributed by atoms with Crippen LogP contribution in [0.5, 0.6) is 0 Å². The number of nitrogens with one attached hydrogen (secondary N) is 1. The third kappa shape index (κ3) is 6.35. The highest BCUT2D eigenvalue weighted by atomic mass is 32.1. The summed E-state index contributed by atoms with van der Waals surface area (Å²) in [7, 11) is 0. The number of hydrogen-bond donors (Lipinski definition) is 1. The Balaban J connectivity index is 1.86. The Labute approximate surface area is 207 Å². The number of aromatic nitrogens is 2. The van der Waals surface area contributed by atoms with Crippen LogP contribution in [0.25, 0.3) is 5.69 Å². The van der Waals surface area contributed by atoms with Gasteiger partial charge in [-0.25, -0.2) is 4.68 Å². The first-order valence-electron chi connectivity index (χ1n) is 11.7. The zero-order valence-corrected chi connectivity index (χ0v) is 22.1. The lowest BCUT2D eigenvalue weighted by atomic mass is 9.92. The molecule has 0 saturated heterocycles. The van der Waals surface area contributed by atoms with Gasteiger partial charge < -0.3 is 10.2 Å². The number of thiophene rings is 1. The maximum atomic E-state index is 13.2. The average Bonchev–Trinajstić information content (AvgIpc) is 3.39. The first-order chi connectivity index (χ1) is 16.0. The molecule has 3 aromatic rings. The topological polar surface area (TPSA) is 67.2 Å². The highest BCUT2D eigenvalue weighted by Gasteiger charge is 2.24. The van der Waals surface area contributed by atoms with Crippen molar-refractivity contribution in [2.24, 2.45) is 5.92 Å². The van der Waals surface area contributed by atoms with Crippen LogP contribution in [0.1, 0.15) is 56.3 Å². The summed E-state index contributed by atoms with van der Waals surface area (Å²) in [6.45, 7) is 15.1. The number of rotatable bonds is 8. The van der Waals surface area contributed by atoms with Gasteiger partial charge >= 0.3 is 0 Å². The van der Waals surface area contributed by atoms with Crippen molar-refractivity contribution in [3.8, 4) is 5.69 Å². The zero-order valence-electron chi connectivity index (χ0n) is 21.3. The summed E-state index contributed by atoms with van der Waals surface area (Å²) in [5, 5.41) is 9.84. The minimum absolute atomic E-state index is 0.00518. The van der Waals surface area contributed by atoms with Crippen LogP contribution in [0.2, 0.25) is 0 Å². The summed E-state index contributed by atoms with van der Waals surface area (Å²) >= 11 is 1.56. The second-order valence-corrected chi connectivity index (χ2v) is 11.3. The summed E-state index contributed by atoms with van der Waals surface area (Å²) in [4.78, 5) is 28.8. The third-order valence-corrected chi connectivity index (χ3v) is 6.60. The smallest absolute Gasteiger partial charge is 0.245 e. The molecular weight excluding hydrogens is 444 g/mol. The van der Waals surface area contributed by atoms with Crippen LogP contribution >= 0.6 is 11.3 Å². The van der Waals surface area contributed by atoms with Crippen LogP contribution in [-0.2, 0) is 21.4 Å². The van der Waals surface area contributed by atoms with Crippen molar-refractivity contribution in [3.63, 3.8) is 0 Å². The van der Waals surface area contributed by atoms with E-state index in [1.165, 1.54) is 0 Å². The number of hydrogen-bond acceptors (Lipinski definition) is 4. The zero-order chi connectivity index (χ0) is 25.0. The van der Waals surface area contributed by atoms with Crippen molar-refractivity contribution in [2.45, 2.75) is 60.3 Å². The van der Waals surface area contributed by atoms with Crippen molar-refractivity contribution < 1.29 is 9.59 Å². The maximum Gasteiger partial charge on any atom is 0.245 e. The van der Waals surface area contributed by atoms with E-state index in [9.17, 15) is 9.59 Å². The molecule has 7 heteroatoms. The van der Waals surface area contributed by atoms with Crippen LogP contribution in [0.15, 0.2) is 41.8 Å². The van der Waals surface area contributed by atoms with E-state index in [1.807, 2.05) is 35.7 Å². The molecule has 2 aromatic heterocycles. The lowest BCUT2D eigenvalue weighted by molar-refractivity contribution is -0.134. The highest BCUT2D eigenvalue weighted by molar-refractivity contribution is 7.10. The van der Waals surface area contributed by atoms with Gasteiger partial charge in [-0.3, -0.25) is 9.59 Å². The normalized spacial score (nSPS) is 11.6. The Morgan fingerprint density at radius 2 is 1.88 bits per heavy atom. The van der Waals surface area contributed by atoms with Gasteiger partial charge in [0.2, 0.25) is 11.8 Å². The molecule has 1 aromatic carbocycles. The molecule has 6 nitrogen and oxygen atoms in total. The lowest BCUT2D eigenvalue weighted by Crippen LogP contribution is -2.41. The van der Waals surface area contributed by atoms with Crippen molar-refractivity contribution in [1.82, 2.24) is 14.7 Å². The second kappa shape index (κ2) is 10.6. The van der Waals surface area contributed by atoms with Crippen molar-refractivity contribution in [2.75, 3.05) is 18.4 Å². The summed E-state index contributed by atoms with van der Waals surface area (Å²) in [6, 6.07) is 11.9. The predicted octanol–water partition coefficient (Wildman–Crippen LogP) is 5.51. The van der Waals surface area contributed by atoms with E-state index in [0.29, 0.717) is 18.8 Å². The molecule has 2 amide bonds. The second-order valence-electron chi connectivity index (χ2n) is 10.3. The molecule has 0 saturated carbocycles. The molecular formula is C27H36N4O2S. The van der Waals surface area contributed by atoms with E-state index in [-0.39, 0.29) is 29.7 Å². The molecule has 0 unspecified atom stereocenters. The van der Waals surface area contributed by atoms with Crippen molar-refractivity contribution >= 4 is 29.0 Å². The molecule has 0 aliphatic carbocycles. The summed E-state index contributed by atoms with van der Waals surface area (Å²) < 4.78 is 1.81. The Morgan fingerprint density at radius 1 is 1.15 bits per heavy atom. The first-order valence-corrected chi connectivity index (χ1v) is 12.6. The molecule has 1 N–H and O–H groups in total. The van der Waals surface area contributed by atoms with E-state index in [0.717, 1.165) is 27.4 Å². The van der Waals surface area contributed by atoms with E-state index in [1.54, 1.807) is 20.9 Å². The van der Waals surface area contributed by atoms with E-state index < -0.39 is 0 Å².